The van der Waals surface area contributed by atoms with Gasteiger partial charge in [-0.1, -0.05) is 6.07 Å². The molecule has 0 atom stereocenters. The fraction of sp³-hybridized carbons (Fsp3) is 0.200. The quantitative estimate of drug-likeness (QED) is 0.847. The highest BCUT2D eigenvalue weighted by Gasteiger charge is 2.21. The van der Waals surface area contributed by atoms with Gasteiger partial charge in [0.05, 0.1) is 5.30 Å². The number of benzene rings is 2. The van der Waals surface area contributed by atoms with Gasteiger partial charge in [0.1, 0.15) is 5.75 Å². The maximum atomic E-state index is 13.9. The van der Waals surface area contributed by atoms with E-state index in [0.717, 1.165) is 0 Å². The molecule has 7 heteroatoms. The van der Waals surface area contributed by atoms with Crippen molar-refractivity contribution in [3.05, 3.63) is 52.6 Å². The molecular weight excluding hydrogens is 313 g/mol. The molecule has 0 spiro atoms. The van der Waals surface area contributed by atoms with Crippen LogP contribution in [0.15, 0.2) is 24.3 Å². The van der Waals surface area contributed by atoms with Crippen molar-refractivity contribution in [3.8, 4) is 11.5 Å². The normalized spacial score (nSPS) is 11.6. The Bertz CT molecular complexity index is 760. The molecule has 0 amide bonds. The zero-order valence-electron chi connectivity index (χ0n) is 12.2. The summed E-state index contributed by atoms with van der Waals surface area (Å²) in [5.41, 5.74) is 0.993. The summed E-state index contributed by atoms with van der Waals surface area (Å²) in [4.78, 5) is 18.4. The van der Waals surface area contributed by atoms with Gasteiger partial charge in [-0.25, -0.2) is 4.39 Å². The van der Waals surface area contributed by atoms with E-state index >= 15 is 0 Å². The van der Waals surface area contributed by atoms with E-state index < -0.39 is 19.2 Å². The molecule has 0 saturated carbocycles. The Balaban J connectivity index is 2.48. The Hall–Kier alpha value is -1.75. The number of hydrogen-bond acceptors (Lipinski definition) is 2. The van der Waals surface area contributed by atoms with E-state index in [1.54, 1.807) is 13.8 Å². The van der Waals surface area contributed by atoms with Crippen LogP contribution in [0, 0.1) is 32.4 Å². The molecule has 2 rings (SSSR count). The molecule has 118 valence electrons. The maximum Gasteiger partial charge on any atom is 0.356 e. The third kappa shape index (κ3) is 3.19. The highest BCUT2D eigenvalue weighted by molar-refractivity contribution is 7.60. The number of ether oxygens (including phenoxy) is 1. The molecule has 0 radical (unpaired) electrons. The lowest BCUT2D eigenvalue weighted by atomic mass is 10.1. The summed E-state index contributed by atoms with van der Waals surface area (Å²) in [6.07, 6.45) is 0. The van der Waals surface area contributed by atoms with E-state index in [9.17, 15) is 23.1 Å². The molecule has 0 aromatic heterocycles. The van der Waals surface area contributed by atoms with Crippen LogP contribution in [-0.4, -0.2) is 9.79 Å². The Morgan fingerprint density at radius 2 is 1.50 bits per heavy atom. The van der Waals surface area contributed by atoms with Gasteiger partial charge in [0.25, 0.3) is 0 Å². The van der Waals surface area contributed by atoms with Gasteiger partial charge >= 0.3 is 7.60 Å². The highest BCUT2D eigenvalue weighted by atomic mass is 31.2. The summed E-state index contributed by atoms with van der Waals surface area (Å²) in [7, 11) is -4.39. The van der Waals surface area contributed by atoms with Gasteiger partial charge in [-0.05, 0) is 55.7 Å². The summed E-state index contributed by atoms with van der Waals surface area (Å²) in [6.45, 7) is 4.58. The van der Waals surface area contributed by atoms with Crippen molar-refractivity contribution in [2.45, 2.75) is 20.8 Å². The van der Waals surface area contributed by atoms with Crippen LogP contribution in [0.4, 0.5) is 8.78 Å². The minimum Gasteiger partial charge on any atom is -0.454 e. The van der Waals surface area contributed by atoms with Crippen molar-refractivity contribution in [2.75, 3.05) is 0 Å². The molecular formula is C15H15F2O4P. The second-order valence-corrected chi connectivity index (χ2v) is 6.67. The smallest absolute Gasteiger partial charge is 0.356 e. The molecule has 2 aromatic carbocycles. The van der Waals surface area contributed by atoms with E-state index in [2.05, 4.69) is 0 Å². The van der Waals surface area contributed by atoms with Gasteiger partial charge in [0.2, 0.25) is 5.82 Å². The molecule has 0 bridgehead atoms. The third-order valence-corrected chi connectivity index (χ3v) is 4.16. The predicted molar refractivity (Wildman–Crippen MR) is 78.8 cm³/mol. The van der Waals surface area contributed by atoms with E-state index in [-0.39, 0.29) is 22.4 Å². The number of hydrogen-bond donors (Lipinski definition) is 2. The number of aryl methyl sites for hydroxylation is 3. The lowest BCUT2D eigenvalue weighted by molar-refractivity contribution is 0.387. The molecule has 22 heavy (non-hydrogen) atoms. The number of halogens is 2. The average Bonchev–Trinajstić information content (AvgIpc) is 2.41. The first-order valence-electron chi connectivity index (χ1n) is 6.41. The molecule has 0 unspecified atom stereocenters. The molecule has 0 aliphatic heterocycles. The molecule has 0 aliphatic rings. The van der Waals surface area contributed by atoms with E-state index in [1.807, 2.05) is 0 Å². The third-order valence-electron chi connectivity index (χ3n) is 3.23. The topological polar surface area (TPSA) is 66.8 Å². The highest BCUT2D eigenvalue weighted by Crippen LogP contribution is 2.37. The monoisotopic (exact) mass is 328 g/mol. The maximum absolute atomic E-state index is 13.9. The summed E-state index contributed by atoms with van der Waals surface area (Å²) in [5.74, 6) is -2.13. The average molecular weight is 328 g/mol. The predicted octanol–water partition coefficient (Wildman–Crippen LogP) is 3.49. The minimum absolute atomic E-state index is 0.148. The van der Waals surface area contributed by atoms with Crippen LogP contribution in [0.3, 0.4) is 0 Å². The fourth-order valence-corrected chi connectivity index (χ4v) is 2.80. The van der Waals surface area contributed by atoms with Crippen molar-refractivity contribution in [3.63, 3.8) is 0 Å². The fourth-order valence-electron chi connectivity index (χ4n) is 2.07. The molecule has 0 fully saturated rings. The van der Waals surface area contributed by atoms with Gasteiger partial charge in [-0.2, -0.15) is 4.39 Å². The number of rotatable bonds is 3. The zero-order valence-corrected chi connectivity index (χ0v) is 13.1. The largest absolute Gasteiger partial charge is 0.454 e. The van der Waals surface area contributed by atoms with Crippen LogP contribution in [0.5, 0.6) is 11.5 Å². The first-order chi connectivity index (χ1) is 10.1. The second kappa shape index (κ2) is 5.80. The molecule has 0 saturated heterocycles. The Morgan fingerprint density at radius 3 is 2.00 bits per heavy atom. The zero-order chi connectivity index (χ0) is 16.7. The van der Waals surface area contributed by atoms with Crippen molar-refractivity contribution < 1.29 is 27.9 Å². The first kappa shape index (κ1) is 16.6. The molecule has 0 aliphatic carbocycles. The first-order valence-corrected chi connectivity index (χ1v) is 8.02. The van der Waals surface area contributed by atoms with Gasteiger partial charge in [0.15, 0.2) is 11.6 Å². The summed E-state index contributed by atoms with van der Waals surface area (Å²) in [5, 5.41) is -0.148. The lowest BCUT2D eigenvalue weighted by Crippen LogP contribution is -2.07. The van der Waals surface area contributed by atoms with Crippen LogP contribution in [0.25, 0.3) is 0 Å². The van der Waals surface area contributed by atoms with Crippen molar-refractivity contribution in [2.24, 2.45) is 0 Å². The second-order valence-electron chi connectivity index (χ2n) is 5.06. The van der Waals surface area contributed by atoms with Gasteiger partial charge < -0.3 is 14.5 Å². The van der Waals surface area contributed by atoms with Crippen LogP contribution in [0.2, 0.25) is 0 Å². The SMILES string of the molecule is Cc1ccc(Oc2c(C)cc(P(=O)(O)O)cc2C)c(F)c1F. The Morgan fingerprint density at radius 1 is 0.955 bits per heavy atom. The van der Waals surface area contributed by atoms with Crippen molar-refractivity contribution in [1.82, 2.24) is 0 Å². The molecule has 2 N–H and O–H groups in total. The van der Waals surface area contributed by atoms with Crippen LogP contribution in [0.1, 0.15) is 16.7 Å². The van der Waals surface area contributed by atoms with Gasteiger partial charge in [0, 0.05) is 0 Å². The van der Waals surface area contributed by atoms with Crippen molar-refractivity contribution >= 4 is 12.9 Å². The Labute approximate surface area is 126 Å². The van der Waals surface area contributed by atoms with Crippen LogP contribution >= 0.6 is 7.60 Å². The molecule has 2 aromatic rings. The lowest BCUT2D eigenvalue weighted by Gasteiger charge is -2.15. The summed E-state index contributed by atoms with van der Waals surface area (Å²) < 4.78 is 44.1. The van der Waals surface area contributed by atoms with E-state index in [0.29, 0.717) is 11.1 Å². The van der Waals surface area contributed by atoms with E-state index in [4.69, 9.17) is 4.74 Å². The Kier molecular flexibility index (Phi) is 4.38. The van der Waals surface area contributed by atoms with Crippen LogP contribution in [-0.2, 0) is 4.57 Å². The summed E-state index contributed by atoms with van der Waals surface area (Å²) in [6, 6.07) is 5.24. The summed E-state index contributed by atoms with van der Waals surface area (Å²) >= 11 is 0. The minimum atomic E-state index is -4.39. The molecule has 4 nitrogen and oxygen atoms in total. The van der Waals surface area contributed by atoms with Crippen LogP contribution < -0.4 is 10.0 Å². The van der Waals surface area contributed by atoms with Gasteiger partial charge in [-0.15, -0.1) is 0 Å². The standard InChI is InChI=1S/C15H15F2O4P/c1-8-4-5-12(14(17)13(8)16)21-15-9(2)6-11(7-10(15)3)22(18,19)20/h4-7H,1-3H3,(H2,18,19,20). The van der Waals surface area contributed by atoms with Gasteiger partial charge in [-0.3, -0.25) is 4.57 Å². The molecule has 0 heterocycles. The van der Waals surface area contributed by atoms with E-state index in [1.165, 1.54) is 31.2 Å². The van der Waals surface area contributed by atoms with Crippen molar-refractivity contribution in [1.29, 1.82) is 0 Å².